The van der Waals surface area contributed by atoms with Crippen molar-refractivity contribution >= 4 is 10.1 Å². The summed E-state index contributed by atoms with van der Waals surface area (Å²) >= 11 is 0. The Hall–Kier alpha value is -3.41. The fourth-order valence-electron chi connectivity index (χ4n) is 4.32. The number of hydrogen-bond donors (Lipinski definition) is 2. The Balaban J connectivity index is 1.86. The maximum absolute atomic E-state index is 12.4. The van der Waals surface area contributed by atoms with Crippen molar-refractivity contribution in [2.45, 2.75) is 30.1 Å². The lowest BCUT2D eigenvalue weighted by atomic mass is 9.81. The molecule has 0 spiro atoms. The van der Waals surface area contributed by atoms with Crippen molar-refractivity contribution in [3.8, 4) is 16.9 Å². The minimum atomic E-state index is -4.53. The van der Waals surface area contributed by atoms with Crippen molar-refractivity contribution in [3.05, 3.63) is 120 Å². The largest absolute Gasteiger partial charge is 0.508 e. The lowest BCUT2D eigenvalue weighted by Crippen LogP contribution is -2.09. The number of phenolic OH excluding ortho intramolecular Hbond substituents is 1. The van der Waals surface area contributed by atoms with Crippen LogP contribution in [0.4, 0.5) is 0 Å². The molecule has 0 bridgehead atoms. The maximum atomic E-state index is 12.4. The van der Waals surface area contributed by atoms with Crippen LogP contribution < -0.4 is 0 Å². The molecule has 168 valence electrons. The van der Waals surface area contributed by atoms with Crippen LogP contribution in [-0.4, -0.2) is 18.1 Å². The fraction of sp³-hybridized carbons (Fsp3) is 0.143. The number of phenols is 1. The number of benzene rings is 4. The molecule has 5 heteroatoms. The summed E-state index contributed by atoms with van der Waals surface area (Å²) in [5, 5.41) is 11.1. The third-order valence-corrected chi connectivity index (χ3v) is 6.92. The summed E-state index contributed by atoms with van der Waals surface area (Å²) in [6.45, 7) is 2.12. The van der Waals surface area contributed by atoms with E-state index in [2.05, 4.69) is 19.1 Å². The third-order valence-electron chi connectivity index (χ3n) is 6.03. The standard InChI is InChI=1S/C28H26O4S/c1-20(21-11-5-2-6-12-21)17-24(22-13-7-3-8-14-22)26-19-28(33(30,31)32)25(18-27(26)29)23-15-9-4-10-16-23/h2-16,18-20,24,29H,17H2,1H3,(H,30,31,32). The number of hydrogen-bond acceptors (Lipinski definition) is 3. The molecule has 2 unspecified atom stereocenters. The van der Waals surface area contributed by atoms with Crippen LogP contribution in [-0.2, 0) is 10.1 Å². The molecule has 4 nitrogen and oxygen atoms in total. The molecule has 0 aliphatic carbocycles. The maximum Gasteiger partial charge on any atom is 0.295 e. The highest BCUT2D eigenvalue weighted by Crippen LogP contribution is 2.42. The Morgan fingerprint density at radius 3 is 1.82 bits per heavy atom. The molecule has 0 aliphatic heterocycles. The van der Waals surface area contributed by atoms with Gasteiger partial charge in [0.15, 0.2) is 0 Å². The monoisotopic (exact) mass is 458 g/mol. The first-order chi connectivity index (χ1) is 15.8. The highest BCUT2D eigenvalue weighted by molar-refractivity contribution is 7.86. The van der Waals surface area contributed by atoms with Gasteiger partial charge in [0.1, 0.15) is 10.6 Å². The second kappa shape index (κ2) is 9.61. The molecule has 0 aliphatic rings. The predicted octanol–water partition coefficient (Wildman–Crippen LogP) is 6.63. The van der Waals surface area contributed by atoms with E-state index in [1.165, 1.54) is 12.1 Å². The smallest absolute Gasteiger partial charge is 0.295 e. The minimum Gasteiger partial charge on any atom is -0.508 e. The Morgan fingerprint density at radius 2 is 1.27 bits per heavy atom. The van der Waals surface area contributed by atoms with Gasteiger partial charge in [0.2, 0.25) is 0 Å². The average molecular weight is 459 g/mol. The second-order valence-corrected chi connectivity index (χ2v) is 9.65. The van der Waals surface area contributed by atoms with Gasteiger partial charge in [-0.1, -0.05) is 97.9 Å². The van der Waals surface area contributed by atoms with Gasteiger partial charge in [-0.25, -0.2) is 0 Å². The third kappa shape index (κ3) is 5.16. The van der Waals surface area contributed by atoms with Crippen LogP contribution in [0.2, 0.25) is 0 Å². The van der Waals surface area contributed by atoms with Gasteiger partial charge in [-0.05, 0) is 41.2 Å². The lowest BCUT2D eigenvalue weighted by molar-refractivity contribution is 0.458. The molecule has 33 heavy (non-hydrogen) atoms. The molecule has 0 heterocycles. The van der Waals surface area contributed by atoms with E-state index in [1.807, 2.05) is 54.6 Å². The Morgan fingerprint density at radius 1 is 0.758 bits per heavy atom. The van der Waals surface area contributed by atoms with Crippen LogP contribution in [0.15, 0.2) is 108 Å². The molecule has 4 rings (SSSR count). The molecule has 0 radical (unpaired) electrons. The van der Waals surface area contributed by atoms with Crippen molar-refractivity contribution in [3.63, 3.8) is 0 Å². The van der Waals surface area contributed by atoms with Gasteiger partial charge in [-0.15, -0.1) is 0 Å². The minimum absolute atomic E-state index is 0.00429. The van der Waals surface area contributed by atoms with Gasteiger partial charge in [0.25, 0.3) is 10.1 Å². The highest BCUT2D eigenvalue weighted by atomic mass is 32.2. The molecule has 2 atom stereocenters. The van der Waals surface area contributed by atoms with E-state index in [0.29, 0.717) is 17.5 Å². The molecule has 2 N–H and O–H groups in total. The van der Waals surface area contributed by atoms with Crippen molar-refractivity contribution in [2.75, 3.05) is 0 Å². The van der Waals surface area contributed by atoms with Gasteiger partial charge < -0.3 is 5.11 Å². The quantitative estimate of drug-likeness (QED) is 0.305. The summed E-state index contributed by atoms with van der Waals surface area (Å²) < 4.78 is 34.8. The lowest BCUT2D eigenvalue weighted by Gasteiger charge is -2.24. The van der Waals surface area contributed by atoms with E-state index < -0.39 is 10.1 Å². The van der Waals surface area contributed by atoms with Crippen LogP contribution in [0.5, 0.6) is 5.75 Å². The summed E-state index contributed by atoms with van der Waals surface area (Å²) in [6.07, 6.45) is 0.650. The van der Waals surface area contributed by atoms with Gasteiger partial charge in [-0.2, -0.15) is 8.42 Å². The SMILES string of the molecule is CC(CC(c1ccccc1)c1cc(S(=O)(=O)O)c(-c2ccccc2)cc1O)c1ccccc1. The normalized spacial score (nSPS) is 13.4. The van der Waals surface area contributed by atoms with Gasteiger partial charge >= 0.3 is 0 Å². The van der Waals surface area contributed by atoms with Crippen LogP contribution in [0.25, 0.3) is 11.1 Å². The first-order valence-electron chi connectivity index (χ1n) is 10.8. The number of rotatable bonds is 7. The van der Waals surface area contributed by atoms with Crippen molar-refractivity contribution in [1.29, 1.82) is 0 Å². The topological polar surface area (TPSA) is 74.6 Å². The summed E-state index contributed by atoms with van der Waals surface area (Å²) in [5.74, 6) is -0.124. The van der Waals surface area contributed by atoms with Crippen LogP contribution in [0, 0.1) is 0 Å². The van der Waals surface area contributed by atoms with E-state index in [-0.39, 0.29) is 28.0 Å². The molecule has 0 saturated heterocycles. The van der Waals surface area contributed by atoms with Gasteiger partial charge in [0.05, 0.1) is 0 Å². The van der Waals surface area contributed by atoms with E-state index >= 15 is 0 Å². The van der Waals surface area contributed by atoms with E-state index in [9.17, 15) is 18.1 Å². The fourth-order valence-corrected chi connectivity index (χ4v) is 5.05. The molecule has 0 fully saturated rings. The molecule has 0 saturated carbocycles. The molecule has 0 aromatic heterocycles. The van der Waals surface area contributed by atoms with Crippen LogP contribution in [0.1, 0.15) is 41.9 Å². The molecule has 4 aromatic rings. The summed E-state index contributed by atoms with van der Waals surface area (Å²) in [6, 6.07) is 31.5. The Kier molecular flexibility index (Phi) is 6.63. The van der Waals surface area contributed by atoms with Crippen molar-refractivity contribution in [2.24, 2.45) is 0 Å². The summed E-state index contributed by atoms with van der Waals surface area (Å²) in [5.41, 5.74) is 3.46. The van der Waals surface area contributed by atoms with E-state index in [4.69, 9.17) is 0 Å². The van der Waals surface area contributed by atoms with Crippen LogP contribution >= 0.6 is 0 Å². The molecule has 4 aromatic carbocycles. The van der Waals surface area contributed by atoms with Gasteiger partial charge in [-0.3, -0.25) is 4.55 Å². The van der Waals surface area contributed by atoms with Gasteiger partial charge in [0, 0.05) is 17.0 Å². The summed E-state index contributed by atoms with van der Waals surface area (Å²) in [7, 11) is -4.53. The Bertz CT molecular complexity index is 1320. The molecular weight excluding hydrogens is 432 g/mol. The van der Waals surface area contributed by atoms with Crippen LogP contribution in [0.3, 0.4) is 0 Å². The van der Waals surface area contributed by atoms with E-state index in [1.54, 1.807) is 24.3 Å². The zero-order chi connectivity index (χ0) is 23.4. The number of aromatic hydroxyl groups is 1. The first kappa shape index (κ1) is 22.8. The average Bonchev–Trinajstić information content (AvgIpc) is 2.83. The van der Waals surface area contributed by atoms with Crippen molar-refractivity contribution in [1.82, 2.24) is 0 Å². The highest BCUT2D eigenvalue weighted by Gasteiger charge is 2.26. The zero-order valence-electron chi connectivity index (χ0n) is 18.3. The first-order valence-corrected chi connectivity index (χ1v) is 12.3. The molecular formula is C28H26O4S. The van der Waals surface area contributed by atoms with Crippen molar-refractivity contribution < 1.29 is 18.1 Å². The zero-order valence-corrected chi connectivity index (χ0v) is 19.1. The van der Waals surface area contributed by atoms with E-state index in [0.717, 1.165) is 11.1 Å². The summed E-state index contributed by atoms with van der Waals surface area (Å²) in [4.78, 5) is -0.213. The Labute approximate surface area is 194 Å². The molecule has 0 amide bonds. The predicted molar refractivity (Wildman–Crippen MR) is 131 cm³/mol. The second-order valence-electron chi connectivity index (χ2n) is 8.26.